The number of anilines is 1. The van der Waals surface area contributed by atoms with Gasteiger partial charge in [-0.3, -0.25) is 14.5 Å². The lowest BCUT2D eigenvalue weighted by molar-refractivity contribution is -0.140. The number of carbonyl (C=O) groups excluding carboxylic acids is 2. The van der Waals surface area contributed by atoms with Crippen LogP contribution in [0, 0.1) is 0 Å². The molecule has 0 saturated carbocycles. The molecule has 0 atom stereocenters. The molecule has 8 nitrogen and oxygen atoms in total. The zero-order chi connectivity index (χ0) is 24.1. The molecule has 0 bridgehead atoms. The van der Waals surface area contributed by atoms with Crippen LogP contribution in [0.4, 0.5) is 5.69 Å². The largest absolute Gasteiger partial charge is 0.496 e. The predicted molar refractivity (Wildman–Crippen MR) is 129 cm³/mol. The topological polar surface area (TPSA) is 77.5 Å². The molecule has 9 heteroatoms. The first-order valence-electron chi connectivity index (χ1n) is 10.2. The average molecular weight is 471 g/mol. The van der Waals surface area contributed by atoms with Crippen LogP contribution in [0.25, 0.3) is 6.08 Å². The van der Waals surface area contributed by atoms with E-state index < -0.39 is 5.97 Å². The Morgan fingerprint density at radius 3 is 2.12 bits per heavy atom. The number of benzene rings is 2. The van der Waals surface area contributed by atoms with Gasteiger partial charge in [-0.25, -0.2) is 0 Å². The number of hydrogen-bond donors (Lipinski definition) is 0. The minimum absolute atomic E-state index is 0.181. The molecular formula is C24H26N2O6S. The van der Waals surface area contributed by atoms with Gasteiger partial charge >= 0.3 is 5.97 Å². The summed E-state index contributed by atoms with van der Waals surface area (Å²) < 4.78 is 21.0. The van der Waals surface area contributed by atoms with Crippen LogP contribution >= 0.6 is 12.2 Å². The van der Waals surface area contributed by atoms with Gasteiger partial charge in [-0.1, -0.05) is 19.1 Å². The molecule has 174 valence electrons. The normalized spacial score (nSPS) is 14.6. The van der Waals surface area contributed by atoms with Crippen molar-refractivity contribution in [3.63, 3.8) is 0 Å². The summed E-state index contributed by atoms with van der Waals surface area (Å²) in [6.07, 6.45) is 2.48. The Bertz CT molecular complexity index is 1100. The molecule has 2 aromatic carbocycles. The van der Waals surface area contributed by atoms with E-state index in [1.165, 1.54) is 38.2 Å². The molecule has 1 amide bonds. The molecule has 0 spiro atoms. The van der Waals surface area contributed by atoms with E-state index in [1.54, 1.807) is 18.2 Å². The summed E-state index contributed by atoms with van der Waals surface area (Å²) in [5, 5.41) is 0.181. The molecule has 3 rings (SSSR count). The van der Waals surface area contributed by atoms with Crippen LogP contribution in [0.1, 0.15) is 18.1 Å². The fraction of sp³-hybridized carbons (Fsp3) is 0.292. The third-order valence-electron chi connectivity index (χ3n) is 5.28. The van der Waals surface area contributed by atoms with Crippen molar-refractivity contribution in [2.75, 3.05) is 39.9 Å². The Morgan fingerprint density at radius 1 is 0.970 bits per heavy atom. The monoisotopic (exact) mass is 470 g/mol. The highest BCUT2D eigenvalue weighted by Crippen LogP contribution is 2.37. The van der Waals surface area contributed by atoms with Crippen molar-refractivity contribution in [3.8, 4) is 17.2 Å². The quantitative estimate of drug-likeness (QED) is 0.330. The molecule has 1 heterocycles. The number of esters is 1. The lowest BCUT2D eigenvalue weighted by Gasteiger charge is -2.19. The van der Waals surface area contributed by atoms with Gasteiger partial charge in [-0.05, 0) is 48.5 Å². The number of methoxy groups -OCH3 is 4. The summed E-state index contributed by atoms with van der Waals surface area (Å²) in [7, 11) is 5.83. The number of aryl methyl sites for hydroxylation is 1. The van der Waals surface area contributed by atoms with Gasteiger partial charge in [0.1, 0.15) is 18.0 Å². The minimum atomic E-state index is -0.529. The van der Waals surface area contributed by atoms with Crippen molar-refractivity contribution in [2.24, 2.45) is 0 Å². The van der Waals surface area contributed by atoms with Gasteiger partial charge in [-0.15, -0.1) is 0 Å². The SMILES string of the molecule is CCc1ccc(N2C(=O)/C(=C/c3cc(OC)c(OC)cc3OC)N(CC(=O)OC)C2=S)cc1. The number of amides is 1. The molecule has 33 heavy (non-hydrogen) atoms. The number of hydrogen-bond acceptors (Lipinski definition) is 7. The predicted octanol–water partition coefficient (Wildman–Crippen LogP) is 3.42. The molecule has 0 N–H and O–H groups in total. The summed E-state index contributed by atoms with van der Waals surface area (Å²) >= 11 is 5.60. The molecule has 0 unspecified atom stereocenters. The van der Waals surface area contributed by atoms with Crippen LogP contribution in [0.2, 0.25) is 0 Å². The fourth-order valence-electron chi connectivity index (χ4n) is 3.45. The van der Waals surface area contributed by atoms with E-state index >= 15 is 0 Å². The van der Waals surface area contributed by atoms with E-state index in [4.69, 9.17) is 31.2 Å². The maximum atomic E-state index is 13.5. The number of carbonyl (C=O) groups is 2. The lowest BCUT2D eigenvalue weighted by atomic mass is 10.1. The van der Waals surface area contributed by atoms with Crippen molar-refractivity contribution in [1.29, 1.82) is 0 Å². The maximum absolute atomic E-state index is 13.5. The molecule has 1 fully saturated rings. The molecule has 2 aromatic rings. The summed E-state index contributed by atoms with van der Waals surface area (Å²) in [6.45, 7) is 1.84. The first-order chi connectivity index (χ1) is 15.9. The van der Waals surface area contributed by atoms with Crippen LogP contribution in [-0.4, -0.2) is 56.9 Å². The Balaban J connectivity index is 2.12. The van der Waals surface area contributed by atoms with Crippen LogP contribution in [0.5, 0.6) is 17.2 Å². The minimum Gasteiger partial charge on any atom is -0.496 e. The summed E-state index contributed by atoms with van der Waals surface area (Å²) in [6, 6.07) is 10.9. The standard InChI is InChI=1S/C24H26N2O6S/c1-6-15-7-9-17(10-8-15)26-23(28)18(25(24(26)33)14-22(27)32-5)11-16-12-20(30-3)21(31-4)13-19(16)29-2/h7-13H,6,14H2,1-5H3/b18-11-. The highest BCUT2D eigenvalue weighted by atomic mass is 32.1. The van der Waals surface area contributed by atoms with Gasteiger partial charge in [-0.2, -0.15) is 0 Å². The van der Waals surface area contributed by atoms with Gasteiger partial charge in [0.05, 0.1) is 34.1 Å². The molecule has 0 radical (unpaired) electrons. The van der Waals surface area contributed by atoms with Crippen molar-refractivity contribution in [3.05, 3.63) is 53.2 Å². The number of rotatable bonds is 8. The zero-order valence-electron chi connectivity index (χ0n) is 19.2. The average Bonchev–Trinajstić information content (AvgIpc) is 3.07. The molecule has 1 saturated heterocycles. The fourth-order valence-corrected chi connectivity index (χ4v) is 3.80. The molecule has 1 aliphatic heterocycles. The van der Waals surface area contributed by atoms with Crippen molar-refractivity contribution >= 4 is 41.0 Å². The molecular weight excluding hydrogens is 444 g/mol. The maximum Gasteiger partial charge on any atom is 0.325 e. The van der Waals surface area contributed by atoms with E-state index in [2.05, 4.69) is 6.92 Å². The number of thiocarbonyl (C=S) groups is 1. The number of ether oxygens (including phenoxy) is 4. The summed E-state index contributed by atoms with van der Waals surface area (Å²) in [5.41, 5.74) is 2.50. The van der Waals surface area contributed by atoms with Crippen LogP contribution in [-0.2, 0) is 20.7 Å². The van der Waals surface area contributed by atoms with Gasteiger partial charge < -0.3 is 23.8 Å². The Hall–Kier alpha value is -3.59. The lowest BCUT2D eigenvalue weighted by Crippen LogP contribution is -2.35. The van der Waals surface area contributed by atoms with Crippen LogP contribution in [0.15, 0.2) is 42.1 Å². The van der Waals surface area contributed by atoms with Gasteiger partial charge in [0.2, 0.25) is 0 Å². The molecule has 0 aliphatic carbocycles. The van der Waals surface area contributed by atoms with Gasteiger partial charge in [0.25, 0.3) is 5.91 Å². The van der Waals surface area contributed by atoms with Crippen molar-refractivity contribution in [2.45, 2.75) is 13.3 Å². The zero-order valence-corrected chi connectivity index (χ0v) is 20.0. The van der Waals surface area contributed by atoms with E-state index in [0.717, 1.165) is 12.0 Å². The second-order valence-corrected chi connectivity index (χ2v) is 7.45. The van der Waals surface area contributed by atoms with Crippen LogP contribution in [0.3, 0.4) is 0 Å². The van der Waals surface area contributed by atoms with E-state index in [9.17, 15) is 9.59 Å². The van der Waals surface area contributed by atoms with E-state index in [0.29, 0.717) is 28.5 Å². The summed E-state index contributed by atoms with van der Waals surface area (Å²) in [4.78, 5) is 28.5. The first kappa shape index (κ1) is 24.1. The third-order valence-corrected chi connectivity index (χ3v) is 5.68. The summed E-state index contributed by atoms with van der Waals surface area (Å²) in [5.74, 6) is 0.504. The van der Waals surface area contributed by atoms with E-state index in [-0.39, 0.29) is 23.3 Å². The van der Waals surface area contributed by atoms with E-state index in [1.807, 2.05) is 24.3 Å². The Kier molecular flexibility index (Phi) is 7.55. The van der Waals surface area contributed by atoms with Crippen LogP contribution < -0.4 is 19.1 Å². The Labute approximate surface area is 198 Å². The van der Waals surface area contributed by atoms with Crippen molar-refractivity contribution in [1.82, 2.24) is 4.90 Å². The van der Waals surface area contributed by atoms with Gasteiger partial charge in [0, 0.05) is 11.6 Å². The first-order valence-corrected chi connectivity index (χ1v) is 10.6. The van der Waals surface area contributed by atoms with Gasteiger partial charge in [0.15, 0.2) is 16.6 Å². The number of nitrogens with zero attached hydrogens (tertiary/aromatic N) is 2. The molecule has 0 aromatic heterocycles. The van der Waals surface area contributed by atoms with Crippen molar-refractivity contribution < 1.29 is 28.5 Å². The second kappa shape index (κ2) is 10.4. The second-order valence-electron chi connectivity index (χ2n) is 7.08. The highest BCUT2D eigenvalue weighted by Gasteiger charge is 2.40. The molecule has 1 aliphatic rings. The smallest absolute Gasteiger partial charge is 0.325 e. The third kappa shape index (κ3) is 4.78. The highest BCUT2D eigenvalue weighted by molar-refractivity contribution is 7.80. The Morgan fingerprint density at radius 2 is 1.58 bits per heavy atom.